The van der Waals surface area contributed by atoms with Crippen LogP contribution in [0.1, 0.15) is 60.1 Å². The fourth-order valence-electron chi connectivity index (χ4n) is 6.14. The summed E-state index contributed by atoms with van der Waals surface area (Å²) in [5, 5.41) is 19.6. The summed E-state index contributed by atoms with van der Waals surface area (Å²) in [6.07, 6.45) is 5.74. The second-order valence-corrected chi connectivity index (χ2v) is 12.0. The summed E-state index contributed by atoms with van der Waals surface area (Å²) in [7, 11) is 1.92. The van der Waals surface area contributed by atoms with Gasteiger partial charge < -0.3 is 14.4 Å². The maximum Gasteiger partial charge on any atom is 0.106 e. The summed E-state index contributed by atoms with van der Waals surface area (Å²) < 4.78 is 11.2. The zero-order valence-corrected chi connectivity index (χ0v) is 23.6. The van der Waals surface area contributed by atoms with E-state index < -0.39 is 5.60 Å². The standard InChI is InChI=1S/C29H34N6O2S/c1-16-8-7-11-30-22(16)26(19-9-12-37-13-10-19)35-21-14-20(25-18(3)32-33-34(25)6)15-31-23(21)27-24(35)17(2)28(38-27)29(4,5)36/h7-8,11,14-15,19,26,36H,9-10,12-13H2,1-6H3. The summed E-state index contributed by atoms with van der Waals surface area (Å²) in [4.78, 5) is 11.0. The number of aromatic nitrogens is 6. The first-order valence-electron chi connectivity index (χ1n) is 13.2. The number of thiophene rings is 1. The Morgan fingerprint density at radius 2 is 1.92 bits per heavy atom. The summed E-state index contributed by atoms with van der Waals surface area (Å²) in [5.74, 6) is 0.352. The molecule has 8 nitrogen and oxygen atoms in total. The first kappa shape index (κ1) is 25.2. The van der Waals surface area contributed by atoms with Crippen molar-refractivity contribution in [3.63, 3.8) is 0 Å². The highest BCUT2D eigenvalue weighted by Gasteiger charge is 2.35. The van der Waals surface area contributed by atoms with Gasteiger partial charge in [0.2, 0.25) is 0 Å². The fourth-order valence-corrected chi connectivity index (χ4v) is 7.45. The molecule has 0 aliphatic carbocycles. The normalized spacial score (nSPS) is 16.1. The lowest BCUT2D eigenvalue weighted by atomic mass is 9.87. The monoisotopic (exact) mass is 530 g/mol. The molecule has 1 fully saturated rings. The van der Waals surface area contributed by atoms with Crippen molar-refractivity contribution in [1.82, 2.24) is 29.5 Å². The fraction of sp³-hybridized carbons (Fsp3) is 0.448. The van der Waals surface area contributed by atoms with Gasteiger partial charge in [0.15, 0.2) is 0 Å². The van der Waals surface area contributed by atoms with Crippen molar-refractivity contribution >= 4 is 32.6 Å². The van der Waals surface area contributed by atoms with Crippen molar-refractivity contribution in [3.8, 4) is 11.3 Å². The summed E-state index contributed by atoms with van der Waals surface area (Å²) >= 11 is 1.65. The van der Waals surface area contributed by atoms with Crippen LogP contribution in [0.25, 0.3) is 32.5 Å². The average molecular weight is 531 g/mol. The Labute approximate surface area is 226 Å². The third kappa shape index (κ3) is 3.95. The lowest BCUT2D eigenvalue weighted by molar-refractivity contribution is 0.0547. The van der Waals surface area contributed by atoms with Gasteiger partial charge in [-0.2, -0.15) is 0 Å². The van der Waals surface area contributed by atoms with E-state index >= 15 is 0 Å². The number of aryl methyl sites for hydroxylation is 4. The van der Waals surface area contributed by atoms with E-state index in [1.54, 1.807) is 11.3 Å². The molecule has 6 heterocycles. The lowest BCUT2D eigenvalue weighted by Gasteiger charge is -2.33. The Balaban J connectivity index is 1.72. The average Bonchev–Trinajstić information content (AvgIpc) is 3.52. The number of aliphatic hydroxyl groups is 1. The zero-order chi connectivity index (χ0) is 26.8. The molecular formula is C29H34N6O2S. The third-order valence-electron chi connectivity index (χ3n) is 7.84. The minimum Gasteiger partial charge on any atom is -0.385 e. The number of pyridine rings is 2. The minimum atomic E-state index is -0.947. The quantitative estimate of drug-likeness (QED) is 0.318. The number of nitrogens with zero attached hydrogens (tertiary/aromatic N) is 6. The number of hydrogen-bond acceptors (Lipinski definition) is 7. The minimum absolute atomic E-state index is 0.00543. The van der Waals surface area contributed by atoms with E-state index in [9.17, 15) is 5.11 Å². The van der Waals surface area contributed by atoms with Crippen LogP contribution in [0.4, 0.5) is 0 Å². The molecular weight excluding hydrogens is 496 g/mol. The van der Waals surface area contributed by atoms with Gasteiger partial charge in [0, 0.05) is 43.1 Å². The number of hydrogen-bond donors (Lipinski definition) is 1. The van der Waals surface area contributed by atoms with E-state index in [1.807, 2.05) is 51.0 Å². The van der Waals surface area contributed by atoms with E-state index in [0.717, 1.165) is 80.4 Å². The van der Waals surface area contributed by atoms with Gasteiger partial charge in [0.1, 0.15) is 5.52 Å². The predicted molar refractivity (Wildman–Crippen MR) is 150 cm³/mol. The second kappa shape index (κ2) is 9.25. The molecule has 0 saturated carbocycles. The maximum absolute atomic E-state index is 11.1. The largest absolute Gasteiger partial charge is 0.385 e. The number of ether oxygens (including phenoxy) is 1. The molecule has 0 radical (unpaired) electrons. The Kier molecular flexibility index (Phi) is 6.13. The molecule has 6 rings (SSSR count). The van der Waals surface area contributed by atoms with E-state index in [1.165, 1.54) is 5.56 Å². The maximum atomic E-state index is 11.1. The Hall–Kier alpha value is -3.14. The Morgan fingerprint density at radius 1 is 1.16 bits per heavy atom. The molecule has 1 N–H and O–H groups in total. The summed E-state index contributed by atoms with van der Waals surface area (Å²) in [5.41, 5.74) is 8.37. The smallest absolute Gasteiger partial charge is 0.106 e. The molecule has 1 unspecified atom stereocenters. The molecule has 5 aromatic rings. The second-order valence-electron chi connectivity index (χ2n) is 11.0. The van der Waals surface area contributed by atoms with Crippen LogP contribution in [0, 0.1) is 26.7 Å². The van der Waals surface area contributed by atoms with Crippen molar-refractivity contribution in [1.29, 1.82) is 0 Å². The molecule has 0 amide bonds. The summed E-state index contributed by atoms with van der Waals surface area (Å²) in [6, 6.07) is 6.39. The van der Waals surface area contributed by atoms with E-state index in [-0.39, 0.29) is 6.04 Å². The molecule has 5 aromatic heterocycles. The van der Waals surface area contributed by atoms with Crippen molar-refractivity contribution in [2.24, 2.45) is 13.0 Å². The lowest BCUT2D eigenvalue weighted by Crippen LogP contribution is -2.28. The SMILES string of the molecule is Cc1cccnc1C(C1CCOCC1)n1c2cc(-c3c(C)nnn3C)cnc2c2sc(C(C)(C)O)c(C)c21. The molecule has 1 saturated heterocycles. The van der Waals surface area contributed by atoms with Crippen LogP contribution < -0.4 is 0 Å². The van der Waals surface area contributed by atoms with Crippen LogP contribution in [0.15, 0.2) is 30.6 Å². The van der Waals surface area contributed by atoms with E-state index in [0.29, 0.717) is 5.92 Å². The van der Waals surface area contributed by atoms with Crippen molar-refractivity contribution in [2.45, 2.75) is 59.1 Å². The van der Waals surface area contributed by atoms with Gasteiger partial charge in [0.05, 0.1) is 44.5 Å². The van der Waals surface area contributed by atoms with Crippen LogP contribution in [0.2, 0.25) is 0 Å². The highest BCUT2D eigenvalue weighted by molar-refractivity contribution is 7.20. The molecule has 1 atom stereocenters. The van der Waals surface area contributed by atoms with Gasteiger partial charge in [-0.05, 0) is 76.6 Å². The van der Waals surface area contributed by atoms with Crippen LogP contribution in [0.3, 0.4) is 0 Å². The van der Waals surface area contributed by atoms with Gasteiger partial charge in [-0.15, -0.1) is 16.4 Å². The third-order valence-corrected chi connectivity index (χ3v) is 9.44. The molecule has 38 heavy (non-hydrogen) atoms. The Morgan fingerprint density at radius 3 is 2.58 bits per heavy atom. The molecule has 9 heteroatoms. The molecule has 1 aliphatic rings. The van der Waals surface area contributed by atoms with Gasteiger partial charge in [-0.3, -0.25) is 9.97 Å². The van der Waals surface area contributed by atoms with Crippen molar-refractivity contribution in [2.75, 3.05) is 13.2 Å². The van der Waals surface area contributed by atoms with Crippen LogP contribution in [0.5, 0.6) is 0 Å². The van der Waals surface area contributed by atoms with E-state index in [4.69, 9.17) is 14.7 Å². The molecule has 0 aromatic carbocycles. The van der Waals surface area contributed by atoms with Crippen LogP contribution in [-0.2, 0) is 17.4 Å². The van der Waals surface area contributed by atoms with Crippen LogP contribution >= 0.6 is 11.3 Å². The topological polar surface area (TPSA) is 90.9 Å². The highest BCUT2D eigenvalue weighted by atomic mass is 32.1. The molecule has 198 valence electrons. The van der Waals surface area contributed by atoms with E-state index in [2.05, 4.69) is 40.9 Å². The van der Waals surface area contributed by atoms with Gasteiger partial charge in [0.25, 0.3) is 0 Å². The van der Waals surface area contributed by atoms with Gasteiger partial charge in [-0.25, -0.2) is 4.68 Å². The van der Waals surface area contributed by atoms with Gasteiger partial charge >= 0.3 is 0 Å². The van der Waals surface area contributed by atoms with Gasteiger partial charge in [-0.1, -0.05) is 11.3 Å². The summed E-state index contributed by atoms with van der Waals surface area (Å²) in [6.45, 7) is 11.5. The molecule has 0 spiro atoms. The first-order valence-corrected chi connectivity index (χ1v) is 14.0. The Bertz CT molecular complexity index is 1630. The zero-order valence-electron chi connectivity index (χ0n) is 22.8. The van der Waals surface area contributed by atoms with Crippen LogP contribution in [-0.4, -0.2) is 47.8 Å². The molecule has 1 aliphatic heterocycles. The number of rotatable bonds is 5. The van der Waals surface area contributed by atoms with Crippen molar-refractivity contribution < 1.29 is 9.84 Å². The first-order chi connectivity index (χ1) is 18.2. The molecule has 0 bridgehead atoms. The highest BCUT2D eigenvalue weighted by Crippen LogP contribution is 2.47. The predicted octanol–water partition coefficient (Wildman–Crippen LogP) is 5.61. The number of fused-ring (bicyclic) bond motifs is 3. The van der Waals surface area contributed by atoms with Crippen molar-refractivity contribution in [3.05, 3.63) is 58.0 Å².